The molecule has 1 aliphatic rings. The minimum absolute atomic E-state index is 0.0187. The molecule has 0 atom stereocenters. The van der Waals surface area contributed by atoms with Crippen LogP contribution < -0.4 is 5.32 Å². The molecule has 1 saturated heterocycles. The van der Waals surface area contributed by atoms with E-state index in [1.807, 2.05) is 36.4 Å². The summed E-state index contributed by atoms with van der Waals surface area (Å²) in [7, 11) is 0. The molecule has 25 heavy (non-hydrogen) atoms. The molecule has 1 fully saturated rings. The first kappa shape index (κ1) is 15.6. The summed E-state index contributed by atoms with van der Waals surface area (Å²) in [6, 6.07) is 6.08. The molecule has 0 bridgehead atoms. The number of pyridine rings is 1. The predicted octanol–water partition coefficient (Wildman–Crippen LogP) is 1.66. The molecule has 3 aromatic rings. The van der Waals surface area contributed by atoms with Gasteiger partial charge >= 0.3 is 0 Å². The molecular formula is C17H21N7O. The van der Waals surface area contributed by atoms with Crippen LogP contribution in [0.3, 0.4) is 0 Å². The van der Waals surface area contributed by atoms with Gasteiger partial charge in [-0.25, -0.2) is 9.50 Å². The molecule has 0 aromatic carbocycles. The van der Waals surface area contributed by atoms with Gasteiger partial charge in [-0.05, 0) is 38.0 Å². The molecule has 1 amide bonds. The van der Waals surface area contributed by atoms with Gasteiger partial charge in [0.2, 0.25) is 0 Å². The van der Waals surface area contributed by atoms with E-state index in [9.17, 15) is 4.79 Å². The third kappa shape index (κ3) is 3.07. The summed E-state index contributed by atoms with van der Waals surface area (Å²) < 4.78 is 3.53. The number of nitrogens with one attached hydrogen (secondary N) is 1. The van der Waals surface area contributed by atoms with E-state index in [4.69, 9.17) is 0 Å². The molecule has 4 heterocycles. The van der Waals surface area contributed by atoms with Crippen LogP contribution in [0.4, 0.5) is 5.69 Å². The zero-order valence-corrected chi connectivity index (χ0v) is 14.2. The Kier molecular flexibility index (Phi) is 4.09. The Hall–Kier alpha value is -2.90. The fourth-order valence-electron chi connectivity index (χ4n) is 3.22. The maximum Gasteiger partial charge on any atom is 0.274 e. The normalized spacial score (nSPS) is 15.6. The number of piperidine rings is 1. The summed E-state index contributed by atoms with van der Waals surface area (Å²) in [6.07, 6.45) is 7.08. The van der Waals surface area contributed by atoms with Gasteiger partial charge in [-0.3, -0.25) is 9.48 Å². The van der Waals surface area contributed by atoms with Crippen molar-refractivity contribution in [3.63, 3.8) is 0 Å². The van der Waals surface area contributed by atoms with Gasteiger partial charge in [0.25, 0.3) is 5.91 Å². The number of carbonyl (C=O) groups excluding carboxylic acids is 1. The number of hydrogen-bond acceptors (Lipinski definition) is 5. The van der Waals surface area contributed by atoms with E-state index >= 15 is 0 Å². The Labute approximate surface area is 145 Å². The summed E-state index contributed by atoms with van der Waals surface area (Å²) in [6.45, 7) is 4.23. The maximum atomic E-state index is 12.5. The molecule has 1 N–H and O–H groups in total. The molecule has 0 aliphatic carbocycles. The van der Waals surface area contributed by atoms with Crippen LogP contribution in [0.1, 0.15) is 30.3 Å². The number of amides is 1. The van der Waals surface area contributed by atoms with E-state index in [1.165, 1.54) is 0 Å². The van der Waals surface area contributed by atoms with Crippen LogP contribution in [0.5, 0.6) is 0 Å². The number of fused-ring (bicyclic) bond motifs is 1. The quantitative estimate of drug-likeness (QED) is 0.782. The average molecular weight is 339 g/mol. The second kappa shape index (κ2) is 6.54. The smallest absolute Gasteiger partial charge is 0.274 e. The Morgan fingerprint density at radius 3 is 2.88 bits per heavy atom. The maximum absolute atomic E-state index is 12.5. The first-order valence-corrected chi connectivity index (χ1v) is 8.62. The molecule has 3 aromatic heterocycles. The van der Waals surface area contributed by atoms with E-state index in [0.29, 0.717) is 11.7 Å². The molecule has 4 rings (SSSR count). The summed E-state index contributed by atoms with van der Waals surface area (Å²) in [4.78, 5) is 18.7. The fourth-order valence-corrected chi connectivity index (χ4v) is 3.22. The van der Waals surface area contributed by atoms with Gasteiger partial charge in [0, 0.05) is 38.1 Å². The Balaban J connectivity index is 1.38. The summed E-state index contributed by atoms with van der Waals surface area (Å²) in [5.74, 6) is 0.0187. The first-order valence-electron chi connectivity index (χ1n) is 8.62. The third-order valence-electron chi connectivity index (χ3n) is 4.63. The number of likely N-dealkylation sites (tertiary alicyclic amines) is 1. The SMILES string of the molecule is CCn1ccc(C(=O)N2CCC(Nc3cccn4ncnc34)CC2)n1. The Morgan fingerprint density at radius 1 is 1.28 bits per heavy atom. The van der Waals surface area contributed by atoms with Crippen molar-refractivity contribution in [2.75, 3.05) is 18.4 Å². The predicted molar refractivity (Wildman–Crippen MR) is 93.4 cm³/mol. The van der Waals surface area contributed by atoms with Gasteiger partial charge in [0.1, 0.15) is 12.0 Å². The van der Waals surface area contributed by atoms with E-state index in [2.05, 4.69) is 20.5 Å². The van der Waals surface area contributed by atoms with Crippen molar-refractivity contribution in [1.29, 1.82) is 0 Å². The van der Waals surface area contributed by atoms with E-state index in [0.717, 1.165) is 43.8 Å². The molecular weight excluding hydrogens is 318 g/mol. The second-order valence-corrected chi connectivity index (χ2v) is 6.22. The minimum Gasteiger partial charge on any atom is -0.379 e. The van der Waals surface area contributed by atoms with Gasteiger partial charge in [-0.1, -0.05) is 0 Å². The zero-order chi connectivity index (χ0) is 17.2. The lowest BCUT2D eigenvalue weighted by atomic mass is 10.0. The Morgan fingerprint density at radius 2 is 2.12 bits per heavy atom. The number of anilines is 1. The average Bonchev–Trinajstić information content (AvgIpc) is 3.31. The van der Waals surface area contributed by atoms with Crippen LogP contribution in [-0.2, 0) is 6.54 Å². The monoisotopic (exact) mass is 339 g/mol. The van der Waals surface area contributed by atoms with Crippen LogP contribution in [-0.4, -0.2) is 54.3 Å². The number of aromatic nitrogens is 5. The highest BCUT2D eigenvalue weighted by molar-refractivity contribution is 5.92. The van der Waals surface area contributed by atoms with Crippen LogP contribution in [0.15, 0.2) is 36.9 Å². The summed E-state index contributed by atoms with van der Waals surface area (Å²) >= 11 is 0. The Bertz CT molecular complexity index is 876. The third-order valence-corrected chi connectivity index (χ3v) is 4.63. The van der Waals surface area contributed by atoms with E-state index in [-0.39, 0.29) is 5.91 Å². The second-order valence-electron chi connectivity index (χ2n) is 6.22. The van der Waals surface area contributed by atoms with Crippen molar-refractivity contribution in [2.45, 2.75) is 32.4 Å². The van der Waals surface area contributed by atoms with Gasteiger partial charge in [-0.15, -0.1) is 0 Å². The van der Waals surface area contributed by atoms with Gasteiger partial charge in [0.05, 0.1) is 5.69 Å². The molecule has 8 heteroatoms. The van der Waals surface area contributed by atoms with Crippen molar-refractivity contribution in [2.24, 2.45) is 0 Å². The molecule has 0 radical (unpaired) electrons. The molecule has 0 spiro atoms. The van der Waals surface area contributed by atoms with Crippen LogP contribution in [0.25, 0.3) is 5.65 Å². The number of hydrogen-bond donors (Lipinski definition) is 1. The molecule has 1 aliphatic heterocycles. The van der Waals surface area contributed by atoms with Crippen molar-refractivity contribution < 1.29 is 4.79 Å². The van der Waals surface area contributed by atoms with Crippen LogP contribution in [0, 0.1) is 0 Å². The van der Waals surface area contributed by atoms with Crippen LogP contribution in [0.2, 0.25) is 0 Å². The highest BCUT2D eigenvalue weighted by atomic mass is 16.2. The standard InChI is InChI=1S/C17H21N7O/c1-2-23-11-7-15(21-23)17(25)22-9-5-13(6-10-22)20-14-4-3-8-24-16(14)18-12-19-24/h3-4,7-8,11-13,20H,2,5-6,9-10H2,1H3. The number of rotatable bonds is 4. The molecule has 0 unspecified atom stereocenters. The first-order chi connectivity index (χ1) is 12.2. The van der Waals surface area contributed by atoms with Gasteiger partial charge in [0.15, 0.2) is 5.65 Å². The van der Waals surface area contributed by atoms with Crippen molar-refractivity contribution in [1.82, 2.24) is 29.3 Å². The minimum atomic E-state index is 0.0187. The fraction of sp³-hybridized carbons (Fsp3) is 0.412. The van der Waals surface area contributed by atoms with E-state index in [1.54, 1.807) is 21.6 Å². The van der Waals surface area contributed by atoms with E-state index < -0.39 is 0 Å². The van der Waals surface area contributed by atoms with Crippen molar-refractivity contribution in [3.8, 4) is 0 Å². The van der Waals surface area contributed by atoms with Crippen molar-refractivity contribution in [3.05, 3.63) is 42.6 Å². The largest absolute Gasteiger partial charge is 0.379 e. The number of carbonyl (C=O) groups is 1. The lowest BCUT2D eigenvalue weighted by Gasteiger charge is -2.32. The van der Waals surface area contributed by atoms with Gasteiger partial charge < -0.3 is 10.2 Å². The summed E-state index contributed by atoms with van der Waals surface area (Å²) in [5, 5.41) is 12.0. The highest BCUT2D eigenvalue weighted by Gasteiger charge is 2.25. The van der Waals surface area contributed by atoms with Crippen molar-refractivity contribution >= 4 is 17.2 Å². The zero-order valence-electron chi connectivity index (χ0n) is 14.2. The molecule has 0 saturated carbocycles. The van der Waals surface area contributed by atoms with Crippen LogP contribution >= 0.6 is 0 Å². The van der Waals surface area contributed by atoms with Gasteiger partial charge in [-0.2, -0.15) is 10.2 Å². The lowest BCUT2D eigenvalue weighted by Crippen LogP contribution is -2.42. The lowest BCUT2D eigenvalue weighted by molar-refractivity contribution is 0.0711. The topological polar surface area (TPSA) is 80.4 Å². The molecule has 8 nitrogen and oxygen atoms in total. The number of nitrogens with zero attached hydrogens (tertiary/aromatic N) is 6. The number of aryl methyl sites for hydroxylation is 1. The highest BCUT2D eigenvalue weighted by Crippen LogP contribution is 2.20. The molecule has 130 valence electrons. The summed E-state index contributed by atoms with van der Waals surface area (Å²) in [5.41, 5.74) is 2.33.